The number of hydrogen-bond acceptors (Lipinski definition) is 6. The Morgan fingerprint density at radius 1 is 1.41 bits per heavy atom. The molecule has 0 radical (unpaired) electrons. The van der Waals surface area contributed by atoms with Crippen molar-refractivity contribution in [2.75, 3.05) is 18.4 Å². The highest BCUT2D eigenvalue weighted by molar-refractivity contribution is 7.15. The number of likely N-dealkylation sites (tertiary alicyclic amines) is 1. The Balaban J connectivity index is 1.93. The summed E-state index contributed by atoms with van der Waals surface area (Å²) >= 11 is 1.57. The van der Waals surface area contributed by atoms with Crippen LogP contribution >= 0.6 is 11.3 Å². The summed E-state index contributed by atoms with van der Waals surface area (Å²) < 4.78 is 5.51. The van der Waals surface area contributed by atoms with Crippen molar-refractivity contribution in [2.24, 2.45) is 0 Å². The minimum Gasteiger partial charge on any atom is -0.444 e. The number of anilines is 1. The lowest BCUT2D eigenvalue weighted by atomic mass is 10.0. The average Bonchev–Trinajstić information content (AvgIpc) is 2.91. The molecule has 124 valence electrons. The smallest absolute Gasteiger partial charge is 0.410 e. The fourth-order valence-corrected chi connectivity index (χ4v) is 3.13. The molecule has 1 unspecified atom stereocenters. The van der Waals surface area contributed by atoms with Crippen LogP contribution in [0.3, 0.4) is 0 Å². The number of piperidine rings is 1. The van der Waals surface area contributed by atoms with Crippen LogP contribution in [0.25, 0.3) is 0 Å². The summed E-state index contributed by atoms with van der Waals surface area (Å²) in [5, 5.41) is 13.4. The van der Waals surface area contributed by atoms with Crippen LogP contribution in [0.4, 0.5) is 9.93 Å². The molecule has 0 saturated carbocycles. The van der Waals surface area contributed by atoms with Crippen LogP contribution in [-0.4, -0.2) is 45.9 Å². The summed E-state index contributed by atoms with van der Waals surface area (Å²) in [5.41, 5.74) is -0.457. The molecule has 0 bridgehead atoms. The Labute approximate surface area is 136 Å². The monoisotopic (exact) mass is 326 g/mol. The Morgan fingerprint density at radius 2 is 2.18 bits per heavy atom. The molecule has 0 aromatic carbocycles. The first kappa shape index (κ1) is 17.0. The standard InChI is InChI=1S/C15H26N4O2S/c1-5-12-17-18-13(22-12)16-10-11-8-6-7-9-19(11)14(20)21-15(2,3)4/h11H,5-10H2,1-4H3,(H,16,18). The molecule has 1 atom stereocenters. The summed E-state index contributed by atoms with van der Waals surface area (Å²) in [6.07, 6.45) is 3.85. The third-order valence-electron chi connectivity index (χ3n) is 3.51. The maximum atomic E-state index is 12.3. The maximum Gasteiger partial charge on any atom is 0.410 e. The summed E-state index contributed by atoms with van der Waals surface area (Å²) in [6, 6.07) is 0.151. The van der Waals surface area contributed by atoms with Crippen molar-refractivity contribution in [1.29, 1.82) is 0 Å². The first-order chi connectivity index (χ1) is 10.4. The molecule has 1 amide bonds. The lowest BCUT2D eigenvalue weighted by Gasteiger charge is -2.36. The fourth-order valence-electron chi connectivity index (χ4n) is 2.45. The zero-order valence-electron chi connectivity index (χ0n) is 13.9. The number of ether oxygens (including phenoxy) is 1. The van der Waals surface area contributed by atoms with E-state index in [1.165, 1.54) is 0 Å². The van der Waals surface area contributed by atoms with Gasteiger partial charge in [0.25, 0.3) is 0 Å². The molecule has 0 aliphatic carbocycles. The van der Waals surface area contributed by atoms with Gasteiger partial charge in [0.05, 0.1) is 6.04 Å². The molecular formula is C15H26N4O2S. The van der Waals surface area contributed by atoms with Gasteiger partial charge in [-0.15, -0.1) is 10.2 Å². The van der Waals surface area contributed by atoms with Gasteiger partial charge < -0.3 is 15.0 Å². The van der Waals surface area contributed by atoms with E-state index in [4.69, 9.17) is 4.74 Å². The minimum atomic E-state index is -0.457. The van der Waals surface area contributed by atoms with Crippen LogP contribution in [0.5, 0.6) is 0 Å². The lowest BCUT2D eigenvalue weighted by molar-refractivity contribution is 0.0114. The molecule has 22 heavy (non-hydrogen) atoms. The van der Waals surface area contributed by atoms with Crippen LogP contribution in [0.15, 0.2) is 0 Å². The van der Waals surface area contributed by atoms with Gasteiger partial charge >= 0.3 is 6.09 Å². The highest BCUT2D eigenvalue weighted by atomic mass is 32.1. The number of carbonyl (C=O) groups is 1. The number of aryl methyl sites for hydroxylation is 1. The van der Waals surface area contributed by atoms with Crippen LogP contribution in [0, 0.1) is 0 Å². The maximum absolute atomic E-state index is 12.3. The summed E-state index contributed by atoms with van der Waals surface area (Å²) in [5.74, 6) is 0. The van der Waals surface area contributed by atoms with E-state index < -0.39 is 5.60 Å². The predicted molar refractivity (Wildman–Crippen MR) is 88.4 cm³/mol. The number of nitrogens with one attached hydrogen (secondary N) is 1. The number of aromatic nitrogens is 2. The number of nitrogens with zero attached hydrogens (tertiary/aromatic N) is 3. The molecule has 2 heterocycles. The molecule has 1 aromatic heterocycles. The van der Waals surface area contributed by atoms with Gasteiger partial charge in [-0.2, -0.15) is 0 Å². The highest BCUT2D eigenvalue weighted by Crippen LogP contribution is 2.22. The van der Waals surface area contributed by atoms with Gasteiger partial charge in [-0.3, -0.25) is 0 Å². The van der Waals surface area contributed by atoms with Gasteiger partial charge in [0.2, 0.25) is 5.13 Å². The van der Waals surface area contributed by atoms with Gasteiger partial charge in [0.15, 0.2) is 0 Å². The Hall–Kier alpha value is -1.37. The van der Waals surface area contributed by atoms with Crippen molar-refractivity contribution in [3.05, 3.63) is 5.01 Å². The topological polar surface area (TPSA) is 67.4 Å². The number of amides is 1. The second-order valence-electron chi connectivity index (χ2n) is 6.56. The van der Waals surface area contributed by atoms with E-state index in [0.717, 1.165) is 42.4 Å². The van der Waals surface area contributed by atoms with Gasteiger partial charge in [-0.25, -0.2) is 4.79 Å². The van der Waals surface area contributed by atoms with Crippen LogP contribution < -0.4 is 5.32 Å². The zero-order valence-corrected chi connectivity index (χ0v) is 14.7. The molecule has 0 spiro atoms. The molecular weight excluding hydrogens is 300 g/mol. The molecule has 1 saturated heterocycles. The number of carbonyl (C=O) groups excluding carboxylic acids is 1. The molecule has 2 rings (SSSR count). The van der Waals surface area contributed by atoms with E-state index in [0.29, 0.717) is 6.54 Å². The van der Waals surface area contributed by atoms with E-state index in [1.807, 2.05) is 25.7 Å². The van der Waals surface area contributed by atoms with Crippen molar-refractivity contribution < 1.29 is 9.53 Å². The Kier molecular flexibility index (Phi) is 5.61. The van der Waals surface area contributed by atoms with Crippen molar-refractivity contribution in [1.82, 2.24) is 15.1 Å². The fraction of sp³-hybridized carbons (Fsp3) is 0.800. The van der Waals surface area contributed by atoms with Gasteiger partial charge in [0.1, 0.15) is 10.6 Å². The zero-order chi connectivity index (χ0) is 16.2. The normalized spacial score (nSPS) is 19.1. The summed E-state index contributed by atoms with van der Waals surface area (Å²) in [4.78, 5) is 14.2. The van der Waals surface area contributed by atoms with Crippen molar-refractivity contribution >= 4 is 22.6 Å². The molecule has 6 nitrogen and oxygen atoms in total. The second-order valence-corrected chi connectivity index (χ2v) is 7.62. The van der Waals surface area contributed by atoms with Crippen molar-refractivity contribution in [3.8, 4) is 0 Å². The highest BCUT2D eigenvalue weighted by Gasteiger charge is 2.30. The van der Waals surface area contributed by atoms with Crippen molar-refractivity contribution in [2.45, 2.75) is 65.0 Å². The largest absolute Gasteiger partial charge is 0.444 e. The van der Waals surface area contributed by atoms with Crippen LogP contribution in [0.1, 0.15) is 52.0 Å². The summed E-state index contributed by atoms with van der Waals surface area (Å²) in [6.45, 7) is 9.21. The minimum absolute atomic E-state index is 0.151. The first-order valence-electron chi connectivity index (χ1n) is 7.95. The van der Waals surface area contributed by atoms with Crippen molar-refractivity contribution in [3.63, 3.8) is 0 Å². The molecule has 1 aromatic rings. The molecule has 1 aliphatic heterocycles. The van der Waals surface area contributed by atoms with Gasteiger partial charge in [-0.1, -0.05) is 18.3 Å². The van der Waals surface area contributed by atoms with Crippen LogP contribution in [-0.2, 0) is 11.2 Å². The first-order valence-corrected chi connectivity index (χ1v) is 8.76. The number of rotatable bonds is 4. The van der Waals surface area contributed by atoms with Crippen LogP contribution in [0.2, 0.25) is 0 Å². The van der Waals surface area contributed by atoms with Gasteiger partial charge in [-0.05, 0) is 46.5 Å². The van der Waals surface area contributed by atoms with E-state index >= 15 is 0 Å². The quantitative estimate of drug-likeness (QED) is 0.919. The predicted octanol–water partition coefficient (Wildman–Crippen LogP) is 3.30. The molecule has 7 heteroatoms. The van der Waals surface area contributed by atoms with E-state index in [-0.39, 0.29) is 12.1 Å². The molecule has 1 aliphatic rings. The SMILES string of the molecule is CCc1nnc(NCC2CCCCN2C(=O)OC(C)(C)C)s1. The number of hydrogen-bond donors (Lipinski definition) is 1. The molecule has 1 N–H and O–H groups in total. The second kappa shape index (κ2) is 7.26. The molecule has 1 fully saturated rings. The Morgan fingerprint density at radius 3 is 2.82 bits per heavy atom. The van der Waals surface area contributed by atoms with Gasteiger partial charge in [0, 0.05) is 13.1 Å². The Bertz CT molecular complexity index is 498. The third kappa shape index (κ3) is 4.83. The van der Waals surface area contributed by atoms with E-state index in [1.54, 1.807) is 11.3 Å². The van der Waals surface area contributed by atoms with E-state index in [2.05, 4.69) is 22.4 Å². The lowest BCUT2D eigenvalue weighted by Crippen LogP contribution is -2.48. The summed E-state index contributed by atoms with van der Waals surface area (Å²) in [7, 11) is 0. The van der Waals surface area contributed by atoms with E-state index in [9.17, 15) is 4.79 Å². The average molecular weight is 326 g/mol. The third-order valence-corrected chi connectivity index (χ3v) is 4.54.